The summed E-state index contributed by atoms with van der Waals surface area (Å²) < 4.78 is 35.2. The summed E-state index contributed by atoms with van der Waals surface area (Å²) in [7, 11) is -3.83. The number of hydrogen-bond acceptors (Lipinski definition) is 6. The highest BCUT2D eigenvalue weighted by Crippen LogP contribution is 2.51. The van der Waals surface area contributed by atoms with Gasteiger partial charge in [0.25, 0.3) is 0 Å². The minimum Gasteiger partial charge on any atom is -0.456 e. The molecule has 0 spiro atoms. The van der Waals surface area contributed by atoms with E-state index in [1.807, 2.05) is 30.3 Å². The molecule has 0 aliphatic rings. The van der Waals surface area contributed by atoms with Crippen LogP contribution in [0.2, 0.25) is 0 Å². The van der Waals surface area contributed by atoms with Crippen molar-refractivity contribution < 1.29 is 22.6 Å². The Kier molecular flexibility index (Phi) is 6.04. The van der Waals surface area contributed by atoms with Gasteiger partial charge in [-0.25, -0.2) is 4.57 Å². The first-order valence-electron chi connectivity index (χ1n) is 9.05. The molecule has 148 valence electrons. The maximum Gasteiger partial charge on any atom is 0.530 e. The van der Waals surface area contributed by atoms with E-state index in [0.29, 0.717) is 16.7 Å². The van der Waals surface area contributed by atoms with Crippen molar-refractivity contribution in [3.05, 3.63) is 64.8 Å². The highest BCUT2D eigenvalue weighted by molar-refractivity contribution is 7.49. The molecule has 6 nitrogen and oxygen atoms in total. The zero-order valence-corrected chi connectivity index (χ0v) is 17.1. The Balaban J connectivity index is 2.00. The number of hydrogen-bond donors (Lipinski definition) is 0. The largest absolute Gasteiger partial charge is 0.530 e. The molecule has 0 amide bonds. The van der Waals surface area contributed by atoms with Gasteiger partial charge in [0.05, 0.1) is 17.6 Å². The molecule has 0 atom stereocenters. The lowest BCUT2D eigenvalue weighted by molar-refractivity contribution is 0.103. The maximum absolute atomic E-state index is 12.9. The standard InChI is InChI=1S/C21H23O6P/c1-14(2)25-28(23,26-15(3)4)27-17-10-11-18-19(22)13-20(24-21(18)12-17)16-8-6-5-7-9-16/h5-15H,1-4H3. The lowest BCUT2D eigenvalue weighted by Gasteiger charge is -2.22. The van der Waals surface area contributed by atoms with Crippen LogP contribution in [-0.2, 0) is 13.6 Å². The van der Waals surface area contributed by atoms with Crippen molar-refractivity contribution in [3.63, 3.8) is 0 Å². The molecule has 1 aromatic heterocycles. The van der Waals surface area contributed by atoms with Gasteiger partial charge in [-0.3, -0.25) is 13.8 Å². The summed E-state index contributed by atoms with van der Waals surface area (Å²) in [4.78, 5) is 12.5. The van der Waals surface area contributed by atoms with Crippen LogP contribution >= 0.6 is 7.82 Å². The molecule has 3 aromatic rings. The molecule has 1 heterocycles. The first kappa shape index (κ1) is 20.3. The van der Waals surface area contributed by atoms with Crippen LogP contribution in [0.3, 0.4) is 0 Å². The fourth-order valence-electron chi connectivity index (χ4n) is 2.65. The van der Waals surface area contributed by atoms with Gasteiger partial charge in [-0.15, -0.1) is 0 Å². The van der Waals surface area contributed by atoms with Crippen molar-refractivity contribution in [1.29, 1.82) is 0 Å². The summed E-state index contributed by atoms with van der Waals surface area (Å²) in [6.45, 7) is 6.97. The third-order valence-corrected chi connectivity index (χ3v) is 5.45. The van der Waals surface area contributed by atoms with E-state index in [-0.39, 0.29) is 23.4 Å². The number of fused-ring (bicyclic) bond motifs is 1. The van der Waals surface area contributed by atoms with Gasteiger partial charge in [-0.2, -0.15) is 0 Å². The topological polar surface area (TPSA) is 75.0 Å². The quantitative estimate of drug-likeness (QED) is 0.465. The molecule has 0 aliphatic heterocycles. The zero-order chi connectivity index (χ0) is 20.3. The zero-order valence-electron chi connectivity index (χ0n) is 16.2. The van der Waals surface area contributed by atoms with Crippen molar-refractivity contribution >= 4 is 18.8 Å². The van der Waals surface area contributed by atoms with Crippen LogP contribution < -0.4 is 9.95 Å². The highest BCUT2D eigenvalue weighted by Gasteiger charge is 2.31. The average molecular weight is 402 g/mol. The van der Waals surface area contributed by atoms with Crippen molar-refractivity contribution in [2.45, 2.75) is 39.9 Å². The molecule has 0 unspecified atom stereocenters. The molecule has 3 rings (SSSR count). The summed E-state index contributed by atoms with van der Waals surface area (Å²) in [6.07, 6.45) is -0.708. The summed E-state index contributed by atoms with van der Waals surface area (Å²) in [6, 6.07) is 15.4. The number of rotatable bonds is 7. The van der Waals surface area contributed by atoms with E-state index in [2.05, 4.69) is 0 Å². The second kappa shape index (κ2) is 8.31. The smallest absolute Gasteiger partial charge is 0.456 e. The van der Waals surface area contributed by atoms with E-state index in [0.717, 1.165) is 5.56 Å². The molecule has 28 heavy (non-hydrogen) atoms. The van der Waals surface area contributed by atoms with Crippen LogP contribution in [0, 0.1) is 0 Å². The van der Waals surface area contributed by atoms with Gasteiger partial charge < -0.3 is 8.94 Å². The molecular formula is C21H23O6P. The fourth-order valence-corrected chi connectivity index (χ4v) is 4.19. The van der Waals surface area contributed by atoms with Gasteiger partial charge in [-0.1, -0.05) is 30.3 Å². The second-order valence-electron chi connectivity index (χ2n) is 6.85. The first-order valence-corrected chi connectivity index (χ1v) is 10.5. The Bertz CT molecular complexity index is 1040. The Morgan fingerprint density at radius 3 is 2.14 bits per heavy atom. The minimum atomic E-state index is -3.83. The van der Waals surface area contributed by atoms with Gasteiger partial charge in [0.1, 0.15) is 17.1 Å². The van der Waals surface area contributed by atoms with Gasteiger partial charge in [0.15, 0.2) is 5.43 Å². The molecule has 0 saturated carbocycles. The van der Waals surface area contributed by atoms with Crippen LogP contribution in [0.25, 0.3) is 22.3 Å². The van der Waals surface area contributed by atoms with Gasteiger partial charge in [0, 0.05) is 17.7 Å². The molecule has 0 bridgehead atoms. The number of benzene rings is 2. The molecule has 7 heteroatoms. The van der Waals surface area contributed by atoms with Crippen LogP contribution in [0.1, 0.15) is 27.7 Å². The third kappa shape index (κ3) is 4.90. The molecular weight excluding hydrogens is 379 g/mol. The summed E-state index contributed by atoms with van der Waals surface area (Å²) in [5.74, 6) is 0.667. The third-order valence-electron chi connectivity index (χ3n) is 3.66. The van der Waals surface area contributed by atoms with Crippen LogP contribution in [0.5, 0.6) is 5.75 Å². The lowest BCUT2D eigenvalue weighted by Crippen LogP contribution is -2.11. The van der Waals surface area contributed by atoms with Gasteiger partial charge >= 0.3 is 7.82 Å². The van der Waals surface area contributed by atoms with Crippen molar-refractivity contribution in [3.8, 4) is 17.1 Å². The Morgan fingerprint density at radius 1 is 0.893 bits per heavy atom. The highest BCUT2D eigenvalue weighted by atomic mass is 31.2. The van der Waals surface area contributed by atoms with E-state index in [1.165, 1.54) is 12.1 Å². The summed E-state index contributed by atoms with van der Waals surface area (Å²) in [5, 5.41) is 0.399. The van der Waals surface area contributed by atoms with Crippen LogP contribution in [-0.4, -0.2) is 12.2 Å². The fraction of sp³-hybridized carbons (Fsp3) is 0.286. The van der Waals surface area contributed by atoms with Gasteiger partial charge in [-0.05, 0) is 39.8 Å². The van der Waals surface area contributed by atoms with E-state index >= 15 is 0 Å². The normalized spacial score (nSPS) is 12.1. The van der Waals surface area contributed by atoms with Crippen LogP contribution in [0.4, 0.5) is 0 Å². The monoisotopic (exact) mass is 402 g/mol. The molecule has 0 fully saturated rings. The average Bonchev–Trinajstić information content (AvgIpc) is 2.60. The van der Waals surface area contributed by atoms with Crippen LogP contribution in [0.15, 0.2) is 63.8 Å². The molecule has 0 saturated heterocycles. The molecule has 0 N–H and O–H groups in total. The van der Waals surface area contributed by atoms with Gasteiger partial charge in [0.2, 0.25) is 0 Å². The predicted molar refractivity (Wildman–Crippen MR) is 109 cm³/mol. The summed E-state index contributed by atoms with van der Waals surface area (Å²) in [5.41, 5.74) is 0.931. The Hall–Kier alpha value is -2.40. The lowest BCUT2D eigenvalue weighted by atomic mass is 10.1. The number of phosphoric acid groups is 1. The minimum absolute atomic E-state index is 0.174. The van der Waals surface area contributed by atoms with Crippen molar-refractivity contribution in [2.75, 3.05) is 0 Å². The Labute approximate surface area is 163 Å². The Morgan fingerprint density at radius 2 is 1.54 bits per heavy atom. The second-order valence-corrected chi connectivity index (χ2v) is 8.34. The molecule has 0 aliphatic carbocycles. The number of phosphoric ester groups is 1. The van der Waals surface area contributed by atoms with E-state index in [9.17, 15) is 9.36 Å². The maximum atomic E-state index is 12.9. The molecule has 0 radical (unpaired) electrons. The van der Waals surface area contributed by atoms with E-state index < -0.39 is 7.82 Å². The van der Waals surface area contributed by atoms with Crippen molar-refractivity contribution in [2.24, 2.45) is 0 Å². The van der Waals surface area contributed by atoms with Crippen molar-refractivity contribution in [1.82, 2.24) is 0 Å². The van der Waals surface area contributed by atoms with E-state index in [4.69, 9.17) is 18.0 Å². The molecule has 2 aromatic carbocycles. The first-order chi connectivity index (χ1) is 13.3. The predicted octanol–water partition coefficient (Wildman–Crippen LogP) is 5.80. The summed E-state index contributed by atoms with van der Waals surface area (Å²) >= 11 is 0. The SMILES string of the molecule is CC(C)OP(=O)(Oc1ccc2c(=O)cc(-c3ccccc3)oc2c1)OC(C)C. The van der Waals surface area contributed by atoms with E-state index in [1.54, 1.807) is 39.8 Å².